The first-order valence-electron chi connectivity index (χ1n) is 5.17. The minimum absolute atomic E-state index is 0.232. The van der Waals surface area contributed by atoms with Crippen molar-refractivity contribution in [2.75, 3.05) is 18.0 Å². The Morgan fingerprint density at radius 1 is 1.33 bits per heavy atom. The molecule has 1 rings (SSSR count). The molecule has 100 valence electrons. The second kappa shape index (κ2) is 5.72. The lowest BCUT2D eigenvalue weighted by molar-refractivity contribution is -0.274. The van der Waals surface area contributed by atoms with E-state index in [0.717, 1.165) is 12.1 Å². The number of ether oxygens (including phenoxy) is 1. The smallest absolute Gasteiger partial charge is 0.406 e. The van der Waals surface area contributed by atoms with Crippen LogP contribution < -0.4 is 15.4 Å². The maximum atomic E-state index is 11.9. The number of carbonyl (C=O) groups is 1. The monoisotopic (exact) mass is 262 g/mol. The minimum atomic E-state index is -4.72. The normalized spacial score (nSPS) is 11.2. The summed E-state index contributed by atoms with van der Waals surface area (Å²) in [6.07, 6.45) is -4.72. The highest BCUT2D eigenvalue weighted by Gasteiger charge is 2.31. The Morgan fingerprint density at radius 2 is 1.89 bits per heavy atom. The molecule has 0 aliphatic rings. The number of hydrogen-bond acceptors (Lipinski definition) is 3. The van der Waals surface area contributed by atoms with Crippen molar-refractivity contribution in [3.63, 3.8) is 0 Å². The second-order valence-corrected chi connectivity index (χ2v) is 3.50. The van der Waals surface area contributed by atoms with Gasteiger partial charge in [0.2, 0.25) is 5.91 Å². The van der Waals surface area contributed by atoms with Gasteiger partial charge in [-0.25, -0.2) is 0 Å². The van der Waals surface area contributed by atoms with Crippen molar-refractivity contribution in [2.24, 2.45) is 5.73 Å². The molecule has 7 heteroatoms. The standard InChI is InChI=1S/C11H13F3N2O2/c1-8(17)16(7-6-15)9-2-4-10(5-3-9)18-11(12,13)14/h2-5H,6-7,15H2,1H3. The molecule has 1 aromatic carbocycles. The first-order valence-corrected chi connectivity index (χ1v) is 5.17. The molecule has 0 spiro atoms. The summed E-state index contributed by atoms with van der Waals surface area (Å²) in [6, 6.07) is 5.04. The van der Waals surface area contributed by atoms with E-state index in [1.165, 1.54) is 24.0 Å². The second-order valence-electron chi connectivity index (χ2n) is 3.50. The molecular formula is C11H13F3N2O2. The quantitative estimate of drug-likeness (QED) is 0.901. The van der Waals surface area contributed by atoms with E-state index in [9.17, 15) is 18.0 Å². The van der Waals surface area contributed by atoms with Crippen molar-refractivity contribution in [2.45, 2.75) is 13.3 Å². The van der Waals surface area contributed by atoms with Gasteiger partial charge >= 0.3 is 6.36 Å². The van der Waals surface area contributed by atoms with Gasteiger partial charge in [0, 0.05) is 25.7 Å². The lowest BCUT2D eigenvalue weighted by Gasteiger charge is -2.20. The van der Waals surface area contributed by atoms with Gasteiger partial charge in [-0.05, 0) is 24.3 Å². The van der Waals surface area contributed by atoms with Gasteiger partial charge in [0.25, 0.3) is 0 Å². The van der Waals surface area contributed by atoms with Crippen LogP contribution in [0.2, 0.25) is 0 Å². The van der Waals surface area contributed by atoms with E-state index >= 15 is 0 Å². The lowest BCUT2D eigenvalue weighted by Crippen LogP contribution is -2.33. The predicted octanol–water partition coefficient (Wildman–Crippen LogP) is 1.90. The molecule has 0 atom stereocenters. The van der Waals surface area contributed by atoms with E-state index < -0.39 is 6.36 Å². The number of benzene rings is 1. The third-order valence-corrected chi connectivity index (χ3v) is 2.11. The summed E-state index contributed by atoms with van der Waals surface area (Å²) in [7, 11) is 0. The van der Waals surface area contributed by atoms with Crippen LogP contribution in [-0.2, 0) is 4.79 Å². The number of nitrogens with two attached hydrogens (primary N) is 1. The summed E-state index contributed by atoms with van der Waals surface area (Å²) < 4.78 is 39.6. The molecule has 0 unspecified atom stereocenters. The largest absolute Gasteiger partial charge is 0.573 e. The van der Waals surface area contributed by atoms with Crippen molar-refractivity contribution < 1.29 is 22.7 Å². The first-order chi connectivity index (χ1) is 8.33. The number of carbonyl (C=O) groups excluding carboxylic acids is 1. The molecular weight excluding hydrogens is 249 g/mol. The third-order valence-electron chi connectivity index (χ3n) is 2.11. The Bertz CT molecular complexity index is 404. The number of hydrogen-bond donors (Lipinski definition) is 1. The van der Waals surface area contributed by atoms with Gasteiger partial charge < -0.3 is 15.4 Å². The van der Waals surface area contributed by atoms with Gasteiger partial charge in [-0.3, -0.25) is 4.79 Å². The molecule has 18 heavy (non-hydrogen) atoms. The molecule has 0 bridgehead atoms. The van der Waals surface area contributed by atoms with E-state index in [1.54, 1.807) is 0 Å². The molecule has 2 N–H and O–H groups in total. The number of anilines is 1. The van der Waals surface area contributed by atoms with E-state index in [2.05, 4.69) is 4.74 Å². The summed E-state index contributed by atoms with van der Waals surface area (Å²) >= 11 is 0. The Labute approximate surface area is 102 Å². The fourth-order valence-electron chi connectivity index (χ4n) is 1.43. The number of halogens is 3. The first kappa shape index (κ1) is 14.3. The van der Waals surface area contributed by atoms with Crippen molar-refractivity contribution in [3.05, 3.63) is 24.3 Å². The molecule has 1 amide bonds. The van der Waals surface area contributed by atoms with Crippen LogP contribution >= 0.6 is 0 Å². The summed E-state index contributed by atoms with van der Waals surface area (Å²) in [4.78, 5) is 12.7. The van der Waals surface area contributed by atoms with E-state index in [4.69, 9.17) is 5.73 Å². The van der Waals surface area contributed by atoms with Crippen LogP contribution in [0.25, 0.3) is 0 Å². The molecule has 0 saturated carbocycles. The van der Waals surface area contributed by atoms with Gasteiger partial charge in [0.1, 0.15) is 5.75 Å². The summed E-state index contributed by atoms with van der Waals surface area (Å²) in [5, 5.41) is 0. The minimum Gasteiger partial charge on any atom is -0.406 e. The highest BCUT2D eigenvalue weighted by atomic mass is 19.4. The maximum absolute atomic E-state index is 11.9. The van der Waals surface area contributed by atoms with Crippen LogP contribution in [0.1, 0.15) is 6.92 Å². The third kappa shape index (κ3) is 4.25. The zero-order chi connectivity index (χ0) is 13.8. The highest BCUT2D eigenvalue weighted by Crippen LogP contribution is 2.25. The fraction of sp³-hybridized carbons (Fsp3) is 0.364. The van der Waals surface area contributed by atoms with Crippen molar-refractivity contribution in [1.29, 1.82) is 0 Å². The topological polar surface area (TPSA) is 55.6 Å². The van der Waals surface area contributed by atoms with E-state index in [1.807, 2.05) is 0 Å². The predicted molar refractivity (Wildman–Crippen MR) is 60.2 cm³/mol. The van der Waals surface area contributed by atoms with Crippen molar-refractivity contribution >= 4 is 11.6 Å². The molecule has 0 saturated heterocycles. The number of nitrogens with zero attached hydrogens (tertiary/aromatic N) is 1. The van der Waals surface area contributed by atoms with Gasteiger partial charge in [-0.2, -0.15) is 0 Å². The molecule has 0 aromatic heterocycles. The van der Waals surface area contributed by atoms with Gasteiger partial charge in [0.15, 0.2) is 0 Å². The van der Waals surface area contributed by atoms with Crippen LogP contribution in [0, 0.1) is 0 Å². The van der Waals surface area contributed by atoms with Crippen LogP contribution in [-0.4, -0.2) is 25.4 Å². The van der Waals surface area contributed by atoms with Crippen LogP contribution in [0.5, 0.6) is 5.75 Å². The molecule has 0 aliphatic heterocycles. The molecule has 0 heterocycles. The maximum Gasteiger partial charge on any atom is 0.573 e. The average Bonchev–Trinajstić information content (AvgIpc) is 2.25. The van der Waals surface area contributed by atoms with Crippen molar-refractivity contribution in [3.8, 4) is 5.75 Å². The molecule has 4 nitrogen and oxygen atoms in total. The number of amides is 1. The molecule has 0 fully saturated rings. The Balaban J connectivity index is 2.83. The van der Waals surface area contributed by atoms with Gasteiger partial charge in [0.05, 0.1) is 0 Å². The Kier molecular flexibility index (Phi) is 4.55. The number of rotatable bonds is 4. The lowest BCUT2D eigenvalue weighted by atomic mass is 10.2. The van der Waals surface area contributed by atoms with Gasteiger partial charge in [-0.15, -0.1) is 13.2 Å². The Hall–Kier alpha value is -1.76. The summed E-state index contributed by atoms with van der Waals surface area (Å²) in [6.45, 7) is 1.92. The zero-order valence-corrected chi connectivity index (χ0v) is 9.70. The SMILES string of the molecule is CC(=O)N(CCN)c1ccc(OC(F)(F)F)cc1. The van der Waals surface area contributed by atoms with E-state index in [-0.39, 0.29) is 18.2 Å². The van der Waals surface area contributed by atoms with Gasteiger partial charge in [-0.1, -0.05) is 0 Å². The number of alkyl halides is 3. The summed E-state index contributed by atoms with van der Waals surface area (Å²) in [5.74, 6) is -0.563. The summed E-state index contributed by atoms with van der Waals surface area (Å²) in [5.41, 5.74) is 5.82. The molecule has 0 radical (unpaired) electrons. The zero-order valence-electron chi connectivity index (χ0n) is 9.70. The average molecular weight is 262 g/mol. The fourth-order valence-corrected chi connectivity index (χ4v) is 1.43. The van der Waals surface area contributed by atoms with Crippen molar-refractivity contribution in [1.82, 2.24) is 0 Å². The van der Waals surface area contributed by atoms with Crippen LogP contribution in [0.15, 0.2) is 24.3 Å². The Morgan fingerprint density at radius 3 is 2.28 bits per heavy atom. The molecule has 0 aliphatic carbocycles. The van der Waals surface area contributed by atoms with Crippen LogP contribution in [0.4, 0.5) is 18.9 Å². The van der Waals surface area contributed by atoms with E-state index in [0.29, 0.717) is 12.2 Å². The molecule has 1 aromatic rings. The van der Waals surface area contributed by atoms with Crippen LogP contribution in [0.3, 0.4) is 0 Å². The highest BCUT2D eigenvalue weighted by molar-refractivity contribution is 5.91.